The lowest BCUT2D eigenvalue weighted by molar-refractivity contribution is -0.384. The molecule has 1 heterocycles. The lowest BCUT2D eigenvalue weighted by Crippen LogP contribution is -2.41. The highest BCUT2D eigenvalue weighted by molar-refractivity contribution is 6.35. The van der Waals surface area contributed by atoms with E-state index in [9.17, 15) is 24.8 Å². The minimum atomic E-state index is -1.08. The molecular formula is C18H14Cl3N3O5. The van der Waals surface area contributed by atoms with Gasteiger partial charge in [0, 0.05) is 33.8 Å². The van der Waals surface area contributed by atoms with Crippen molar-refractivity contribution in [1.82, 2.24) is 5.32 Å². The number of benzene rings is 2. The van der Waals surface area contributed by atoms with Crippen LogP contribution >= 0.6 is 34.8 Å². The van der Waals surface area contributed by atoms with Crippen molar-refractivity contribution < 1.29 is 19.6 Å². The minimum Gasteiger partial charge on any atom is -0.480 e. The van der Waals surface area contributed by atoms with Crippen LogP contribution in [0.25, 0.3) is 0 Å². The van der Waals surface area contributed by atoms with Crippen LogP contribution in [-0.4, -0.2) is 27.9 Å². The number of carbonyl (C=O) groups excluding carboxylic acids is 1. The number of aliphatic carboxylic acids is 1. The molecule has 0 bridgehead atoms. The van der Waals surface area contributed by atoms with Gasteiger partial charge in [0.05, 0.1) is 17.4 Å². The van der Waals surface area contributed by atoms with Crippen LogP contribution in [0.3, 0.4) is 0 Å². The van der Waals surface area contributed by atoms with Crippen molar-refractivity contribution in [3.63, 3.8) is 0 Å². The first kappa shape index (κ1) is 21.2. The van der Waals surface area contributed by atoms with Crippen LogP contribution in [0.5, 0.6) is 0 Å². The molecule has 0 aliphatic carbocycles. The first-order valence-corrected chi connectivity index (χ1v) is 9.49. The topological polar surface area (TPSA) is 122 Å². The molecule has 3 N–H and O–H groups in total. The molecule has 11 heteroatoms. The molecule has 2 aromatic carbocycles. The van der Waals surface area contributed by atoms with E-state index in [1.165, 1.54) is 24.3 Å². The second-order valence-electron chi connectivity index (χ2n) is 6.46. The number of hydrogen-bond acceptors (Lipinski definition) is 5. The van der Waals surface area contributed by atoms with E-state index in [1.54, 1.807) is 6.07 Å². The third-order valence-electron chi connectivity index (χ3n) is 4.45. The van der Waals surface area contributed by atoms with Gasteiger partial charge in [0.25, 0.3) is 5.69 Å². The quantitative estimate of drug-likeness (QED) is 0.455. The first-order chi connectivity index (χ1) is 13.7. The van der Waals surface area contributed by atoms with Crippen LogP contribution in [0, 0.1) is 10.1 Å². The lowest BCUT2D eigenvalue weighted by Gasteiger charge is -2.32. The summed E-state index contributed by atoms with van der Waals surface area (Å²) in [5, 5.41) is 26.6. The molecule has 0 saturated carbocycles. The number of carbonyl (C=O) groups is 2. The third kappa shape index (κ3) is 4.72. The molecule has 0 spiro atoms. The average molecular weight is 459 g/mol. The van der Waals surface area contributed by atoms with Gasteiger partial charge in [-0.2, -0.15) is 0 Å². The van der Waals surface area contributed by atoms with Crippen LogP contribution < -0.4 is 10.6 Å². The lowest BCUT2D eigenvalue weighted by atomic mass is 9.92. The van der Waals surface area contributed by atoms with Gasteiger partial charge in [-0.1, -0.05) is 40.9 Å². The predicted molar refractivity (Wildman–Crippen MR) is 109 cm³/mol. The molecular weight excluding hydrogens is 445 g/mol. The molecule has 2 aromatic rings. The largest absolute Gasteiger partial charge is 0.480 e. The highest BCUT2D eigenvalue weighted by Crippen LogP contribution is 2.40. The summed E-state index contributed by atoms with van der Waals surface area (Å²) in [5.74, 6) is -1.53. The summed E-state index contributed by atoms with van der Waals surface area (Å²) in [6, 6.07) is 5.52. The summed E-state index contributed by atoms with van der Waals surface area (Å²) < 4.78 is 0. The Morgan fingerprint density at radius 2 is 1.93 bits per heavy atom. The Morgan fingerprint density at radius 1 is 1.21 bits per heavy atom. The van der Waals surface area contributed by atoms with Crippen LogP contribution in [0.15, 0.2) is 30.3 Å². The average Bonchev–Trinajstić information content (AvgIpc) is 2.62. The van der Waals surface area contributed by atoms with Gasteiger partial charge >= 0.3 is 5.97 Å². The first-order valence-electron chi connectivity index (χ1n) is 8.36. The second-order valence-corrected chi connectivity index (χ2v) is 7.71. The maximum atomic E-state index is 12.6. The van der Waals surface area contributed by atoms with Crippen LogP contribution in [0.4, 0.5) is 11.4 Å². The van der Waals surface area contributed by atoms with Crippen molar-refractivity contribution in [2.45, 2.75) is 24.9 Å². The van der Waals surface area contributed by atoms with Crippen LogP contribution in [-0.2, 0) is 16.0 Å². The summed E-state index contributed by atoms with van der Waals surface area (Å²) in [7, 11) is 0. The van der Waals surface area contributed by atoms with E-state index >= 15 is 0 Å². The van der Waals surface area contributed by atoms with Gasteiger partial charge < -0.3 is 15.7 Å². The molecule has 0 radical (unpaired) electrons. The number of carboxylic acid groups (broad SMARTS) is 1. The fourth-order valence-corrected chi connectivity index (χ4v) is 4.00. The van der Waals surface area contributed by atoms with Gasteiger partial charge in [-0.05, 0) is 23.8 Å². The van der Waals surface area contributed by atoms with Crippen molar-refractivity contribution >= 4 is 58.1 Å². The van der Waals surface area contributed by atoms with Crippen molar-refractivity contribution in [3.05, 3.63) is 66.6 Å². The van der Waals surface area contributed by atoms with Gasteiger partial charge in [0.1, 0.15) is 11.1 Å². The number of nitrogens with zero attached hydrogens (tertiary/aromatic N) is 1. The number of rotatable bonds is 5. The van der Waals surface area contributed by atoms with E-state index in [-0.39, 0.29) is 28.6 Å². The normalized spacial score (nSPS) is 17.8. The molecule has 0 aromatic heterocycles. The summed E-state index contributed by atoms with van der Waals surface area (Å²) in [6.07, 6.45) is -0.0869. The molecule has 1 aliphatic heterocycles. The van der Waals surface area contributed by atoms with Gasteiger partial charge in [0.15, 0.2) is 0 Å². The monoisotopic (exact) mass is 457 g/mol. The smallest absolute Gasteiger partial charge is 0.326 e. The second kappa shape index (κ2) is 8.44. The van der Waals surface area contributed by atoms with Crippen LogP contribution in [0.2, 0.25) is 15.1 Å². The number of nitro groups is 1. The summed E-state index contributed by atoms with van der Waals surface area (Å²) in [5.41, 5.74) is 1.05. The van der Waals surface area contributed by atoms with Crippen molar-refractivity contribution in [1.29, 1.82) is 0 Å². The zero-order valence-corrected chi connectivity index (χ0v) is 16.9. The van der Waals surface area contributed by atoms with Gasteiger partial charge in [-0.15, -0.1) is 0 Å². The fraction of sp³-hybridized carbons (Fsp3) is 0.222. The Labute approximate surface area is 179 Å². The number of hydrogen-bond donors (Lipinski definition) is 3. The molecule has 0 unspecified atom stereocenters. The van der Waals surface area contributed by atoms with Gasteiger partial charge in [-0.3, -0.25) is 14.9 Å². The van der Waals surface area contributed by atoms with Crippen molar-refractivity contribution in [2.75, 3.05) is 5.32 Å². The molecule has 29 heavy (non-hydrogen) atoms. The Hall–Kier alpha value is -2.55. The van der Waals surface area contributed by atoms with Gasteiger partial charge in [0.2, 0.25) is 5.91 Å². The van der Waals surface area contributed by atoms with E-state index < -0.39 is 28.9 Å². The number of carboxylic acids is 1. The number of fused-ring (bicyclic) bond motifs is 1. The van der Waals surface area contributed by atoms with E-state index in [2.05, 4.69) is 10.6 Å². The highest BCUT2D eigenvalue weighted by atomic mass is 35.5. The zero-order chi connectivity index (χ0) is 21.3. The number of nitro benzene ring substituents is 1. The Kier molecular flexibility index (Phi) is 6.16. The molecule has 152 valence electrons. The fourth-order valence-electron chi connectivity index (χ4n) is 3.19. The van der Waals surface area contributed by atoms with Crippen molar-refractivity contribution in [3.8, 4) is 0 Å². The Balaban J connectivity index is 1.84. The predicted octanol–water partition coefficient (Wildman–Crippen LogP) is 4.22. The minimum absolute atomic E-state index is 0.0283. The Bertz CT molecular complexity index is 1010. The van der Waals surface area contributed by atoms with E-state index in [4.69, 9.17) is 34.8 Å². The maximum Gasteiger partial charge on any atom is 0.326 e. The molecule has 1 aliphatic rings. The number of nitrogens with one attached hydrogen (secondary N) is 2. The van der Waals surface area contributed by atoms with Crippen LogP contribution in [0.1, 0.15) is 23.6 Å². The standard InChI is InChI=1S/C18H14Cl3N3O5/c19-9-5-11(21)17-12(6-9)22-14(18(26)27)7-13(17)23-16(25)4-8-1-2-10(20)15(3-8)24(28)29/h1-3,5-6,13-14,22H,4,7H2,(H,23,25)(H,26,27)/t13-,14+/m0/s1. The Morgan fingerprint density at radius 3 is 2.59 bits per heavy atom. The zero-order valence-electron chi connectivity index (χ0n) is 14.6. The van der Waals surface area contributed by atoms with E-state index in [0.29, 0.717) is 21.8 Å². The number of amides is 1. The molecule has 2 atom stereocenters. The number of halogens is 3. The molecule has 0 saturated heterocycles. The van der Waals surface area contributed by atoms with Gasteiger partial charge in [-0.25, -0.2) is 4.79 Å². The summed E-state index contributed by atoms with van der Waals surface area (Å²) >= 11 is 18.1. The van der Waals surface area contributed by atoms with E-state index in [1.807, 2.05) is 0 Å². The van der Waals surface area contributed by atoms with E-state index in [0.717, 1.165) is 0 Å². The molecule has 1 amide bonds. The highest BCUT2D eigenvalue weighted by Gasteiger charge is 2.33. The molecule has 8 nitrogen and oxygen atoms in total. The summed E-state index contributed by atoms with van der Waals surface area (Å²) in [4.78, 5) is 34.4. The maximum absolute atomic E-state index is 12.6. The molecule has 0 fully saturated rings. The third-order valence-corrected chi connectivity index (χ3v) is 5.30. The summed E-state index contributed by atoms with van der Waals surface area (Å²) in [6.45, 7) is 0. The van der Waals surface area contributed by atoms with Crippen molar-refractivity contribution in [2.24, 2.45) is 0 Å². The number of anilines is 1. The SMILES string of the molecule is O=C(Cc1ccc(Cl)c([N+](=O)[O-])c1)N[C@H]1C[C@H](C(=O)O)Nc2cc(Cl)cc(Cl)c21. The molecule has 3 rings (SSSR count).